The van der Waals surface area contributed by atoms with Crippen LogP contribution in [0, 0.1) is 5.41 Å². The molecular formula is C18H22N2OS. The number of aromatic nitrogens is 1. The minimum atomic E-state index is 0.751. The highest BCUT2D eigenvalue weighted by atomic mass is 32.2. The second kappa shape index (κ2) is 10.7. The largest absolute Gasteiger partial charge is 0.400 e. The average molecular weight is 314 g/mol. The highest BCUT2D eigenvalue weighted by molar-refractivity contribution is 7.98. The first-order valence-corrected chi connectivity index (χ1v) is 8.15. The summed E-state index contributed by atoms with van der Waals surface area (Å²) in [5.41, 5.74) is 2.42. The van der Waals surface area contributed by atoms with Crippen molar-refractivity contribution in [3.63, 3.8) is 0 Å². The molecule has 0 unspecified atom stereocenters. The number of hydrogen-bond acceptors (Lipinski definition) is 3. The molecule has 0 aliphatic heterocycles. The molecule has 4 heteroatoms. The lowest BCUT2D eigenvalue weighted by atomic mass is 10.2. The Morgan fingerprint density at radius 1 is 1.05 bits per heavy atom. The molecule has 1 aromatic heterocycles. The summed E-state index contributed by atoms with van der Waals surface area (Å²) in [4.78, 5) is 4.54. The van der Waals surface area contributed by atoms with E-state index in [1.807, 2.05) is 36.4 Å². The Hall–Kier alpha value is -2.04. The molecule has 0 atom stereocenters. The van der Waals surface area contributed by atoms with Gasteiger partial charge in [-0.25, -0.2) is 0 Å². The van der Waals surface area contributed by atoms with E-state index >= 15 is 0 Å². The van der Waals surface area contributed by atoms with Crippen molar-refractivity contribution in [3.8, 4) is 0 Å². The topological polar surface area (TPSA) is 59.9 Å². The van der Waals surface area contributed by atoms with Gasteiger partial charge in [-0.3, -0.25) is 0 Å². The summed E-state index contributed by atoms with van der Waals surface area (Å²) in [6, 6.07) is 18.3. The Morgan fingerprint density at radius 3 is 2.32 bits per heavy atom. The van der Waals surface area contributed by atoms with Crippen LogP contribution in [0.2, 0.25) is 0 Å². The van der Waals surface area contributed by atoms with E-state index in [0.29, 0.717) is 0 Å². The second-order valence-corrected chi connectivity index (χ2v) is 5.14. The molecule has 2 aromatic carbocycles. The van der Waals surface area contributed by atoms with Crippen LogP contribution in [-0.4, -0.2) is 29.7 Å². The fourth-order valence-electron chi connectivity index (χ4n) is 1.95. The number of rotatable bonds is 3. The van der Waals surface area contributed by atoms with E-state index < -0.39 is 0 Å². The Kier molecular flexibility index (Phi) is 8.72. The van der Waals surface area contributed by atoms with Gasteiger partial charge in [0.25, 0.3) is 0 Å². The molecule has 3 rings (SSSR count). The number of para-hydroxylation sites is 1. The van der Waals surface area contributed by atoms with Crippen LogP contribution in [0.4, 0.5) is 0 Å². The second-order valence-electron chi connectivity index (χ2n) is 4.30. The van der Waals surface area contributed by atoms with Crippen LogP contribution >= 0.6 is 11.8 Å². The summed E-state index contributed by atoms with van der Waals surface area (Å²) in [6.45, 7) is 0. The minimum Gasteiger partial charge on any atom is -0.400 e. The van der Waals surface area contributed by atoms with Crippen LogP contribution < -0.4 is 0 Å². The van der Waals surface area contributed by atoms with Crippen LogP contribution in [0.15, 0.2) is 65.7 Å². The van der Waals surface area contributed by atoms with Crippen molar-refractivity contribution in [2.45, 2.75) is 11.3 Å². The lowest BCUT2D eigenvalue weighted by molar-refractivity contribution is 0.399. The van der Waals surface area contributed by atoms with Crippen molar-refractivity contribution in [1.29, 1.82) is 5.41 Å². The van der Waals surface area contributed by atoms with Crippen molar-refractivity contribution < 1.29 is 5.11 Å². The van der Waals surface area contributed by atoms with Gasteiger partial charge in [0.05, 0.1) is 0 Å². The lowest BCUT2D eigenvalue weighted by Gasteiger charge is -1.90. The molecule has 3 N–H and O–H groups in total. The van der Waals surface area contributed by atoms with Gasteiger partial charge in [0.1, 0.15) is 0 Å². The third kappa shape index (κ3) is 5.39. The third-order valence-corrected chi connectivity index (χ3v) is 3.73. The molecule has 22 heavy (non-hydrogen) atoms. The zero-order valence-electron chi connectivity index (χ0n) is 12.9. The molecule has 3 nitrogen and oxygen atoms in total. The number of hydrogen-bond donors (Lipinski definition) is 3. The van der Waals surface area contributed by atoms with Crippen LogP contribution in [0.1, 0.15) is 5.56 Å². The van der Waals surface area contributed by atoms with Gasteiger partial charge in [0.2, 0.25) is 0 Å². The Bertz CT molecular complexity index is 665. The van der Waals surface area contributed by atoms with E-state index in [1.165, 1.54) is 27.6 Å². The van der Waals surface area contributed by atoms with Crippen molar-refractivity contribution in [1.82, 2.24) is 4.98 Å². The first-order valence-electron chi connectivity index (χ1n) is 6.93. The van der Waals surface area contributed by atoms with E-state index in [1.54, 1.807) is 11.8 Å². The van der Waals surface area contributed by atoms with Crippen LogP contribution in [0.3, 0.4) is 0 Å². The van der Waals surface area contributed by atoms with E-state index in [-0.39, 0.29) is 0 Å². The molecule has 0 spiro atoms. The highest BCUT2D eigenvalue weighted by Crippen LogP contribution is 2.25. The predicted octanol–water partition coefficient (Wildman–Crippen LogP) is 4.38. The average Bonchev–Trinajstić information content (AvgIpc) is 3.02. The SMILES string of the molecule is CO.CSc1c[nH]c2ccccc12.N=CCc1ccccc1. The first-order chi connectivity index (χ1) is 10.8. The summed E-state index contributed by atoms with van der Waals surface area (Å²) >= 11 is 1.77. The van der Waals surface area contributed by atoms with E-state index in [2.05, 4.69) is 35.6 Å². The number of nitrogens with one attached hydrogen (secondary N) is 2. The number of aliphatic hydroxyl groups is 1. The van der Waals surface area contributed by atoms with Crippen molar-refractivity contribution >= 4 is 28.9 Å². The lowest BCUT2D eigenvalue weighted by Crippen LogP contribution is -1.81. The molecule has 0 saturated carbocycles. The summed E-state index contributed by atoms with van der Waals surface area (Å²) < 4.78 is 0. The first kappa shape index (κ1) is 18.0. The smallest absolute Gasteiger partial charge is 0.0465 e. The van der Waals surface area contributed by atoms with Crippen LogP contribution in [0.5, 0.6) is 0 Å². The van der Waals surface area contributed by atoms with Crippen LogP contribution in [-0.2, 0) is 6.42 Å². The number of thioether (sulfide) groups is 1. The minimum absolute atomic E-state index is 0.751. The van der Waals surface area contributed by atoms with Crippen molar-refractivity contribution in [2.75, 3.05) is 13.4 Å². The number of aromatic amines is 1. The fraction of sp³-hybridized carbons (Fsp3) is 0.167. The molecule has 116 valence electrons. The normalized spacial score (nSPS) is 9.23. The number of aliphatic hydroxyl groups excluding tert-OH is 1. The molecule has 0 radical (unpaired) electrons. The number of H-pyrrole nitrogens is 1. The maximum absolute atomic E-state index is 7.00. The Balaban J connectivity index is 0.000000202. The summed E-state index contributed by atoms with van der Waals surface area (Å²) in [5, 5.41) is 15.1. The van der Waals surface area contributed by atoms with E-state index in [4.69, 9.17) is 10.5 Å². The molecule has 0 fully saturated rings. The molecule has 0 saturated heterocycles. The van der Waals surface area contributed by atoms with Crippen molar-refractivity contribution in [3.05, 3.63) is 66.4 Å². The molecule has 1 heterocycles. The van der Waals surface area contributed by atoms with E-state index in [0.717, 1.165) is 13.5 Å². The Morgan fingerprint density at radius 2 is 1.68 bits per heavy atom. The van der Waals surface area contributed by atoms with Gasteiger partial charge < -0.3 is 15.5 Å². The van der Waals surface area contributed by atoms with Gasteiger partial charge >= 0.3 is 0 Å². The van der Waals surface area contributed by atoms with Gasteiger partial charge in [0.15, 0.2) is 0 Å². The maximum Gasteiger partial charge on any atom is 0.0465 e. The zero-order valence-corrected chi connectivity index (χ0v) is 13.7. The van der Waals surface area contributed by atoms with E-state index in [9.17, 15) is 0 Å². The molecule has 3 aromatic rings. The van der Waals surface area contributed by atoms with Crippen molar-refractivity contribution in [2.24, 2.45) is 0 Å². The standard InChI is InChI=1S/C9H9NS.C8H9N.CH4O/c1-11-9-6-10-8-5-3-2-4-7(8)9;9-7-6-8-4-2-1-3-5-8;1-2/h2-6,10H,1H3;1-5,7,9H,6H2;2H,1H3. The number of benzene rings is 2. The quantitative estimate of drug-likeness (QED) is 0.496. The predicted molar refractivity (Wildman–Crippen MR) is 97.2 cm³/mol. The fourth-order valence-corrected chi connectivity index (χ4v) is 2.52. The van der Waals surface area contributed by atoms with Gasteiger partial charge in [-0.15, -0.1) is 11.8 Å². The van der Waals surface area contributed by atoms with Gasteiger partial charge in [0, 0.05) is 35.5 Å². The van der Waals surface area contributed by atoms with Gasteiger partial charge in [-0.2, -0.15) is 0 Å². The third-order valence-electron chi connectivity index (χ3n) is 2.95. The molecule has 0 amide bonds. The maximum atomic E-state index is 7.00. The summed E-state index contributed by atoms with van der Waals surface area (Å²) in [5.74, 6) is 0. The monoisotopic (exact) mass is 314 g/mol. The van der Waals surface area contributed by atoms with Gasteiger partial charge in [-0.1, -0.05) is 48.5 Å². The molecule has 0 aliphatic carbocycles. The molecular weight excluding hydrogens is 292 g/mol. The molecule has 0 bridgehead atoms. The summed E-state index contributed by atoms with van der Waals surface area (Å²) in [6.07, 6.45) is 6.31. The highest BCUT2D eigenvalue weighted by Gasteiger charge is 1.98. The zero-order chi connectivity index (χ0) is 16.2. The van der Waals surface area contributed by atoms with Crippen LogP contribution in [0.25, 0.3) is 10.9 Å². The Labute approximate surface area is 135 Å². The molecule has 0 aliphatic rings. The van der Waals surface area contributed by atoms with Gasteiger partial charge in [-0.05, 0) is 24.1 Å². The summed E-state index contributed by atoms with van der Waals surface area (Å²) in [7, 11) is 1.00. The number of fused-ring (bicyclic) bond motifs is 1.